The van der Waals surface area contributed by atoms with Crippen LogP contribution in [0.5, 0.6) is 11.6 Å². The van der Waals surface area contributed by atoms with Gasteiger partial charge in [0.2, 0.25) is 27.7 Å². The molecule has 2 aromatic carbocycles. The number of fused-ring (bicyclic) bond motifs is 4. The fourth-order valence-corrected chi connectivity index (χ4v) is 11.8. The highest BCUT2D eigenvalue weighted by Gasteiger charge is 2.63. The lowest BCUT2D eigenvalue weighted by Crippen LogP contribution is -2.61. The van der Waals surface area contributed by atoms with Crippen molar-refractivity contribution in [2.75, 3.05) is 13.7 Å². The van der Waals surface area contributed by atoms with Crippen molar-refractivity contribution in [3.05, 3.63) is 66.5 Å². The van der Waals surface area contributed by atoms with Gasteiger partial charge in [0.15, 0.2) is 0 Å². The molecule has 5 fully saturated rings. The van der Waals surface area contributed by atoms with Gasteiger partial charge in [-0.2, -0.15) is 0 Å². The molecule has 14 nitrogen and oxygen atoms in total. The van der Waals surface area contributed by atoms with E-state index in [9.17, 15) is 32.3 Å². The summed E-state index contributed by atoms with van der Waals surface area (Å²) in [6.07, 6.45) is 7.12. The molecular weight excluding hydrogens is 830 g/mol. The molecule has 1 saturated heterocycles. The summed E-state index contributed by atoms with van der Waals surface area (Å²) in [5, 5.41) is 15.2. The van der Waals surface area contributed by atoms with Crippen LogP contribution in [0.2, 0.25) is 0 Å². The number of sulfonamides is 1. The van der Waals surface area contributed by atoms with Gasteiger partial charge >= 0.3 is 6.09 Å². The Kier molecular flexibility index (Phi) is 11.0. The van der Waals surface area contributed by atoms with Gasteiger partial charge in [-0.3, -0.25) is 24.0 Å². The Morgan fingerprint density at radius 3 is 2.43 bits per heavy atom. The molecule has 3 aromatic rings. The van der Waals surface area contributed by atoms with Crippen molar-refractivity contribution >= 4 is 44.6 Å². The molecule has 1 aromatic heterocycles. The zero-order chi connectivity index (χ0) is 44.6. The highest BCUT2D eigenvalue weighted by atomic mass is 32.2. The maximum absolute atomic E-state index is 15.4. The molecule has 16 heteroatoms. The second-order valence-corrected chi connectivity index (χ2v) is 21.6. The number of halogens is 1. The lowest BCUT2D eigenvalue weighted by Gasteiger charge is -2.40. The summed E-state index contributed by atoms with van der Waals surface area (Å²) in [5.74, 6) is -1.57. The van der Waals surface area contributed by atoms with E-state index >= 15 is 4.79 Å². The van der Waals surface area contributed by atoms with Crippen LogP contribution >= 0.6 is 0 Å². The minimum Gasteiger partial charge on any atom is -0.497 e. The molecule has 2 aliphatic heterocycles. The third kappa shape index (κ3) is 8.23. The lowest BCUT2D eigenvalue weighted by atomic mass is 9.86. The highest BCUT2D eigenvalue weighted by molar-refractivity contribution is 7.91. The van der Waals surface area contributed by atoms with Gasteiger partial charge in [0.1, 0.15) is 35.3 Å². The predicted molar refractivity (Wildman–Crippen MR) is 231 cm³/mol. The first-order valence-electron chi connectivity index (χ1n) is 22.3. The normalized spacial score (nSPS) is 32.8. The summed E-state index contributed by atoms with van der Waals surface area (Å²) >= 11 is 0. The fourth-order valence-electron chi connectivity index (χ4n) is 10.5. The number of allylic oxidation sites excluding steroid dienone is 1. The number of hydrogen-bond donors (Lipinski definition) is 3. The second kappa shape index (κ2) is 16.1. The lowest BCUT2D eigenvalue weighted by molar-refractivity contribution is -0.145. The summed E-state index contributed by atoms with van der Waals surface area (Å²) < 4.78 is 54.1. The topological polar surface area (TPSA) is 185 Å². The van der Waals surface area contributed by atoms with Crippen LogP contribution in [0.3, 0.4) is 0 Å². The molecule has 0 radical (unpaired) electrons. The van der Waals surface area contributed by atoms with E-state index in [1.807, 2.05) is 31.2 Å². The monoisotopic (exact) mass is 885 g/mol. The smallest absolute Gasteiger partial charge is 0.408 e. The third-order valence-electron chi connectivity index (χ3n) is 14.8. The Morgan fingerprint density at radius 1 is 1.02 bits per heavy atom. The number of methoxy groups -OCH3 is 1. The molecule has 4 aliphatic carbocycles. The van der Waals surface area contributed by atoms with E-state index in [2.05, 4.69) is 17.0 Å². The summed E-state index contributed by atoms with van der Waals surface area (Å²) in [4.78, 5) is 65.5. The molecule has 3 heterocycles. The van der Waals surface area contributed by atoms with Crippen LogP contribution in [-0.2, 0) is 24.4 Å². The quantitative estimate of drug-likeness (QED) is 0.203. The van der Waals surface area contributed by atoms with E-state index < -0.39 is 80.0 Å². The van der Waals surface area contributed by atoms with Crippen molar-refractivity contribution in [1.82, 2.24) is 24.8 Å². The molecular formula is C47H56FN5O9S. The van der Waals surface area contributed by atoms with E-state index in [1.54, 1.807) is 38.3 Å². The summed E-state index contributed by atoms with van der Waals surface area (Å²) in [5.41, 5.74) is -0.479. The molecule has 4 saturated carbocycles. The number of amides is 4. The van der Waals surface area contributed by atoms with E-state index in [4.69, 9.17) is 14.5 Å². The maximum atomic E-state index is 15.4. The number of carboxylic acid groups (broad SMARTS) is 1. The first-order chi connectivity index (χ1) is 30.0. The number of aromatic nitrogens is 1. The maximum Gasteiger partial charge on any atom is 0.408 e. The Hall–Kier alpha value is -5.25. The Morgan fingerprint density at radius 2 is 1.75 bits per heavy atom. The van der Waals surface area contributed by atoms with Crippen LogP contribution in [-0.4, -0.2) is 100 Å². The molecule has 10 atom stereocenters. The Bertz CT molecular complexity index is 2470. The molecule has 4 amide bonds. The molecule has 6 aliphatic rings. The zero-order valence-electron chi connectivity index (χ0n) is 36.1. The SMILES string of the molecule is COc1ccc2c(O[C@@H]3C[C@H]4C(=O)N[C@]5(C(=O)NS(=O)(=O)C6(C)CC6)C[C@H]5/C=C\CC[C@H](C)C[C@@H](C)[C@H](N(C(=O)O)C5CC6C[C@H]6C5)C(=O)N4C3)nc(-c3ccc(F)cc3)cc2c1. The van der Waals surface area contributed by atoms with Gasteiger partial charge in [-0.25, -0.2) is 22.6 Å². The Labute approximate surface area is 367 Å². The van der Waals surface area contributed by atoms with Crippen molar-refractivity contribution in [2.24, 2.45) is 29.6 Å². The van der Waals surface area contributed by atoms with E-state index in [0.29, 0.717) is 78.1 Å². The molecule has 63 heavy (non-hydrogen) atoms. The van der Waals surface area contributed by atoms with E-state index in [-0.39, 0.29) is 37.2 Å². The largest absolute Gasteiger partial charge is 0.497 e. The first kappa shape index (κ1) is 43.0. The molecule has 9 rings (SSSR count). The van der Waals surface area contributed by atoms with Gasteiger partial charge in [0.05, 0.1) is 24.1 Å². The van der Waals surface area contributed by atoms with E-state index in [1.165, 1.54) is 21.9 Å². The van der Waals surface area contributed by atoms with Gasteiger partial charge in [0, 0.05) is 29.3 Å². The second-order valence-electron chi connectivity index (χ2n) is 19.4. The zero-order valence-corrected chi connectivity index (χ0v) is 36.9. The number of pyridine rings is 1. The molecule has 0 bridgehead atoms. The standard InChI is InChI=1S/C47H56FN5O9S/c1-26-7-5-6-8-32-24-47(32,44(56)51-63(59,60)46(3)15-16-46)50-41(54)39-23-36(25-52(39)43(55)40(27(2)17-26)53(45(57)58)34-19-29-18-30(29)20-34)62-42-37-14-13-35(61-4)21-31(37)22-38(49-42)28-9-11-33(48)12-10-28/h6,8-14,21-22,26-27,29-30,32,34,36,39-40H,5,7,15-20,23-25H2,1-4H3,(H,50,54)(H,51,56)(H,57,58)/b8-6-/t26-,27+,29-,30?,32+,34?,36+,39-,40-,47+/m0/s1. The molecule has 336 valence electrons. The minimum atomic E-state index is -4.05. The number of carbonyl (C=O) groups is 4. The van der Waals surface area contributed by atoms with Crippen LogP contribution in [0.15, 0.2) is 60.7 Å². The van der Waals surface area contributed by atoms with Crippen LogP contribution in [0.25, 0.3) is 22.0 Å². The van der Waals surface area contributed by atoms with Crippen LogP contribution in [0.1, 0.15) is 85.0 Å². The van der Waals surface area contributed by atoms with Gasteiger partial charge in [-0.15, -0.1) is 0 Å². The first-order valence-corrected chi connectivity index (χ1v) is 23.8. The van der Waals surface area contributed by atoms with Gasteiger partial charge < -0.3 is 24.8 Å². The number of carbonyl (C=O) groups excluding carboxylic acids is 3. The average Bonchev–Trinajstić information content (AvgIpc) is 4.20. The van der Waals surface area contributed by atoms with Crippen molar-refractivity contribution in [2.45, 2.75) is 119 Å². The predicted octanol–water partition coefficient (Wildman–Crippen LogP) is 6.43. The molecule has 3 N–H and O–H groups in total. The average molecular weight is 886 g/mol. The number of hydrogen-bond acceptors (Lipinski definition) is 9. The van der Waals surface area contributed by atoms with Crippen molar-refractivity contribution in [3.63, 3.8) is 0 Å². The summed E-state index contributed by atoms with van der Waals surface area (Å²) in [7, 11) is -2.50. The number of nitrogens with one attached hydrogen (secondary N) is 2. The molecule has 0 spiro atoms. The summed E-state index contributed by atoms with van der Waals surface area (Å²) in [6.45, 7) is 5.48. The van der Waals surface area contributed by atoms with Crippen molar-refractivity contribution < 1.29 is 46.6 Å². The van der Waals surface area contributed by atoms with Crippen molar-refractivity contribution in [3.8, 4) is 22.9 Å². The number of benzene rings is 2. The highest BCUT2D eigenvalue weighted by Crippen LogP contribution is 2.54. The minimum absolute atomic E-state index is 0.0373. The van der Waals surface area contributed by atoms with Crippen LogP contribution < -0.4 is 19.5 Å². The number of rotatable bonds is 9. The summed E-state index contributed by atoms with van der Waals surface area (Å²) in [6, 6.07) is 10.4. The Balaban J connectivity index is 1.10. The van der Waals surface area contributed by atoms with Crippen LogP contribution in [0, 0.1) is 35.4 Å². The number of nitrogens with zero attached hydrogens (tertiary/aromatic N) is 3. The fraction of sp³-hybridized carbons (Fsp3) is 0.553. The van der Waals surface area contributed by atoms with Crippen LogP contribution in [0.4, 0.5) is 9.18 Å². The number of ether oxygens (including phenoxy) is 2. The molecule has 2 unspecified atom stereocenters. The third-order valence-corrected chi connectivity index (χ3v) is 16.9. The van der Waals surface area contributed by atoms with Crippen molar-refractivity contribution in [1.29, 1.82) is 0 Å². The van der Waals surface area contributed by atoms with Gasteiger partial charge in [-0.1, -0.05) is 26.0 Å². The van der Waals surface area contributed by atoms with Gasteiger partial charge in [-0.05, 0) is 142 Å². The van der Waals surface area contributed by atoms with E-state index in [0.717, 1.165) is 12.8 Å². The van der Waals surface area contributed by atoms with Gasteiger partial charge in [0.25, 0.3) is 5.91 Å².